The molecule has 2 fully saturated rings. The van der Waals surface area contributed by atoms with Gasteiger partial charge in [0.25, 0.3) is 0 Å². The number of amides is 1. The van der Waals surface area contributed by atoms with Crippen LogP contribution in [0.1, 0.15) is 53.9 Å². The van der Waals surface area contributed by atoms with Gasteiger partial charge < -0.3 is 10.6 Å². The summed E-state index contributed by atoms with van der Waals surface area (Å²) >= 11 is 0. The van der Waals surface area contributed by atoms with E-state index in [1.807, 2.05) is 0 Å². The number of hydrogen-bond donors (Lipinski definition) is 1. The molecule has 0 radical (unpaired) electrons. The van der Waals surface area contributed by atoms with Crippen molar-refractivity contribution in [2.75, 3.05) is 13.1 Å². The zero-order valence-corrected chi connectivity index (χ0v) is 13.9. The summed E-state index contributed by atoms with van der Waals surface area (Å²) in [5, 5.41) is 0. The Bertz CT molecular complexity index is 360. The molecule has 3 heteroatoms. The first-order chi connectivity index (χ1) is 9.20. The third-order valence-electron chi connectivity index (χ3n) is 5.73. The highest BCUT2D eigenvalue weighted by Crippen LogP contribution is 2.37. The Morgan fingerprint density at radius 2 is 1.80 bits per heavy atom. The standard InChI is InChI=1S/C17H32N2O/c1-11-8-12(2)15(18)9-14(11)16(20)19-7-6-13(10-19)17(3,4)5/h11-15H,6-10,18H2,1-5H3. The second kappa shape index (κ2) is 5.67. The molecule has 116 valence electrons. The molecule has 0 aromatic carbocycles. The first-order valence-electron chi connectivity index (χ1n) is 8.24. The van der Waals surface area contributed by atoms with Crippen molar-refractivity contribution in [3.8, 4) is 0 Å². The predicted octanol–water partition coefficient (Wildman–Crippen LogP) is 2.89. The molecule has 1 saturated carbocycles. The molecule has 3 nitrogen and oxygen atoms in total. The van der Waals surface area contributed by atoms with Crippen LogP contribution in [0.5, 0.6) is 0 Å². The highest BCUT2D eigenvalue weighted by atomic mass is 16.2. The first kappa shape index (κ1) is 15.8. The minimum absolute atomic E-state index is 0.153. The van der Waals surface area contributed by atoms with Crippen molar-refractivity contribution in [1.29, 1.82) is 0 Å². The second-order valence-electron chi connectivity index (χ2n) is 8.33. The van der Waals surface area contributed by atoms with Crippen LogP contribution in [0.3, 0.4) is 0 Å². The van der Waals surface area contributed by atoms with Crippen LogP contribution >= 0.6 is 0 Å². The molecule has 1 aliphatic heterocycles. The highest BCUT2D eigenvalue weighted by Gasteiger charge is 2.40. The van der Waals surface area contributed by atoms with Crippen molar-refractivity contribution >= 4 is 5.91 Å². The Balaban J connectivity index is 1.98. The number of hydrogen-bond acceptors (Lipinski definition) is 2. The maximum Gasteiger partial charge on any atom is 0.226 e. The van der Waals surface area contributed by atoms with Gasteiger partial charge in [-0.2, -0.15) is 0 Å². The summed E-state index contributed by atoms with van der Waals surface area (Å²) in [5.41, 5.74) is 6.50. The van der Waals surface area contributed by atoms with Gasteiger partial charge in [0.2, 0.25) is 5.91 Å². The highest BCUT2D eigenvalue weighted by molar-refractivity contribution is 5.79. The third kappa shape index (κ3) is 3.19. The molecule has 0 bridgehead atoms. The molecule has 5 unspecified atom stereocenters. The zero-order valence-electron chi connectivity index (χ0n) is 13.9. The fourth-order valence-corrected chi connectivity index (χ4v) is 3.93. The summed E-state index contributed by atoms with van der Waals surface area (Å²) in [6.07, 6.45) is 3.12. The SMILES string of the molecule is CC1CC(C)C(C(=O)N2CCC(C(C)(C)C)C2)CC1N. The molecular formula is C17H32N2O. The van der Waals surface area contributed by atoms with Gasteiger partial charge in [0.05, 0.1) is 0 Å². The quantitative estimate of drug-likeness (QED) is 0.803. The second-order valence-corrected chi connectivity index (χ2v) is 8.33. The summed E-state index contributed by atoms with van der Waals surface area (Å²) in [7, 11) is 0. The molecule has 2 N–H and O–H groups in total. The molecule has 1 saturated heterocycles. The van der Waals surface area contributed by atoms with E-state index in [0.717, 1.165) is 32.4 Å². The molecule has 1 amide bonds. The zero-order chi connectivity index (χ0) is 15.1. The Morgan fingerprint density at radius 3 is 2.35 bits per heavy atom. The summed E-state index contributed by atoms with van der Waals surface area (Å²) in [4.78, 5) is 14.9. The lowest BCUT2D eigenvalue weighted by atomic mass is 9.72. The maximum atomic E-state index is 12.8. The number of rotatable bonds is 1. The van der Waals surface area contributed by atoms with Gasteiger partial charge in [0.15, 0.2) is 0 Å². The van der Waals surface area contributed by atoms with E-state index >= 15 is 0 Å². The molecular weight excluding hydrogens is 248 g/mol. The Morgan fingerprint density at radius 1 is 1.15 bits per heavy atom. The lowest BCUT2D eigenvalue weighted by Crippen LogP contribution is -2.46. The van der Waals surface area contributed by atoms with Crippen molar-refractivity contribution in [3.63, 3.8) is 0 Å². The molecule has 2 rings (SSSR count). The monoisotopic (exact) mass is 280 g/mol. The molecule has 0 aromatic rings. The molecule has 5 atom stereocenters. The number of nitrogens with two attached hydrogens (primary N) is 1. The van der Waals surface area contributed by atoms with E-state index in [2.05, 4.69) is 39.5 Å². The summed E-state index contributed by atoms with van der Waals surface area (Å²) in [6.45, 7) is 13.2. The van der Waals surface area contributed by atoms with Crippen molar-refractivity contribution in [1.82, 2.24) is 4.90 Å². The normalized spacial score (nSPS) is 39.1. The summed E-state index contributed by atoms with van der Waals surface area (Å²) in [6, 6.07) is 0.196. The fraction of sp³-hybridized carbons (Fsp3) is 0.941. The molecule has 0 spiro atoms. The van der Waals surface area contributed by atoms with Crippen molar-refractivity contribution in [2.24, 2.45) is 34.8 Å². The van der Waals surface area contributed by atoms with E-state index in [1.165, 1.54) is 0 Å². The van der Waals surface area contributed by atoms with Crippen LogP contribution in [0.4, 0.5) is 0 Å². The minimum atomic E-state index is 0.153. The van der Waals surface area contributed by atoms with Crippen molar-refractivity contribution < 1.29 is 4.79 Å². The predicted molar refractivity (Wildman–Crippen MR) is 83.2 cm³/mol. The van der Waals surface area contributed by atoms with E-state index in [1.54, 1.807) is 0 Å². The number of carbonyl (C=O) groups excluding carboxylic acids is 1. The lowest BCUT2D eigenvalue weighted by Gasteiger charge is -2.38. The van der Waals surface area contributed by atoms with Gasteiger partial charge in [-0.1, -0.05) is 34.6 Å². The maximum absolute atomic E-state index is 12.8. The van der Waals surface area contributed by atoms with Gasteiger partial charge in [0, 0.05) is 25.0 Å². The summed E-state index contributed by atoms with van der Waals surface area (Å²) in [5.74, 6) is 2.19. The minimum Gasteiger partial charge on any atom is -0.342 e. The number of carbonyl (C=O) groups is 1. The van der Waals surface area contributed by atoms with Gasteiger partial charge in [-0.05, 0) is 42.4 Å². The van der Waals surface area contributed by atoms with Gasteiger partial charge in [-0.25, -0.2) is 0 Å². The van der Waals surface area contributed by atoms with E-state index in [9.17, 15) is 4.79 Å². The molecule has 2 aliphatic rings. The van der Waals surface area contributed by atoms with Gasteiger partial charge in [-0.3, -0.25) is 4.79 Å². The molecule has 0 aromatic heterocycles. The molecule has 20 heavy (non-hydrogen) atoms. The smallest absolute Gasteiger partial charge is 0.226 e. The van der Waals surface area contributed by atoms with Crippen LogP contribution in [-0.2, 0) is 4.79 Å². The largest absolute Gasteiger partial charge is 0.342 e. The van der Waals surface area contributed by atoms with E-state index in [4.69, 9.17) is 5.73 Å². The van der Waals surface area contributed by atoms with Crippen molar-refractivity contribution in [2.45, 2.75) is 59.9 Å². The Kier molecular flexibility index (Phi) is 4.48. The Labute approximate surface area is 124 Å². The van der Waals surface area contributed by atoms with E-state index in [0.29, 0.717) is 29.1 Å². The van der Waals surface area contributed by atoms with E-state index in [-0.39, 0.29) is 12.0 Å². The lowest BCUT2D eigenvalue weighted by molar-refractivity contribution is -0.138. The average Bonchev–Trinajstić information content (AvgIpc) is 2.82. The van der Waals surface area contributed by atoms with Crippen molar-refractivity contribution in [3.05, 3.63) is 0 Å². The topological polar surface area (TPSA) is 46.3 Å². The van der Waals surface area contributed by atoms with E-state index < -0.39 is 0 Å². The Hall–Kier alpha value is -0.570. The van der Waals surface area contributed by atoms with Crippen LogP contribution in [0, 0.1) is 29.1 Å². The number of likely N-dealkylation sites (tertiary alicyclic amines) is 1. The fourth-order valence-electron chi connectivity index (χ4n) is 3.93. The van der Waals surface area contributed by atoms with Gasteiger partial charge >= 0.3 is 0 Å². The van der Waals surface area contributed by atoms with Gasteiger partial charge in [0.1, 0.15) is 0 Å². The van der Waals surface area contributed by atoms with Crippen LogP contribution in [0.25, 0.3) is 0 Å². The van der Waals surface area contributed by atoms with Crippen LogP contribution in [0.15, 0.2) is 0 Å². The van der Waals surface area contributed by atoms with Crippen LogP contribution in [0.2, 0.25) is 0 Å². The summed E-state index contributed by atoms with van der Waals surface area (Å²) < 4.78 is 0. The molecule has 1 heterocycles. The van der Waals surface area contributed by atoms with Crippen LogP contribution < -0.4 is 5.73 Å². The van der Waals surface area contributed by atoms with Crippen LogP contribution in [-0.4, -0.2) is 29.9 Å². The van der Waals surface area contributed by atoms with Gasteiger partial charge in [-0.15, -0.1) is 0 Å². The average molecular weight is 280 g/mol. The number of nitrogens with zero attached hydrogens (tertiary/aromatic N) is 1. The molecule has 1 aliphatic carbocycles. The first-order valence-corrected chi connectivity index (χ1v) is 8.24. The third-order valence-corrected chi connectivity index (χ3v) is 5.73.